The zero-order valence-electron chi connectivity index (χ0n) is 13.9. The molecule has 0 aromatic heterocycles. The van der Waals surface area contributed by atoms with Gasteiger partial charge in [-0.2, -0.15) is 0 Å². The van der Waals surface area contributed by atoms with Gasteiger partial charge in [0, 0.05) is 12.5 Å². The van der Waals surface area contributed by atoms with Crippen molar-refractivity contribution in [3.05, 3.63) is 47.5 Å². The average Bonchev–Trinajstić information content (AvgIpc) is 3.39. The Morgan fingerprint density at radius 1 is 1.07 bits per heavy atom. The molecule has 1 N–H and O–H groups in total. The maximum absolute atomic E-state index is 13.0. The third kappa shape index (κ3) is 1.50. The van der Waals surface area contributed by atoms with E-state index < -0.39 is 28.9 Å². The summed E-state index contributed by atoms with van der Waals surface area (Å²) in [5, 5.41) is 12.1. The summed E-state index contributed by atoms with van der Waals surface area (Å²) in [4.78, 5) is 25.8. The van der Waals surface area contributed by atoms with Gasteiger partial charge in [0.1, 0.15) is 11.5 Å². The average molecular weight is 385 g/mol. The molecule has 136 valence electrons. The van der Waals surface area contributed by atoms with Crippen LogP contribution in [0, 0.1) is 0 Å². The Morgan fingerprint density at radius 3 is 2.41 bits per heavy atom. The van der Waals surface area contributed by atoms with Crippen molar-refractivity contribution in [1.29, 1.82) is 0 Å². The first-order chi connectivity index (χ1) is 13.0. The highest BCUT2D eigenvalue weighted by atomic mass is 35.5. The van der Waals surface area contributed by atoms with E-state index in [1.165, 1.54) is 6.08 Å². The summed E-state index contributed by atoms with van der Waals surface area (Å²) in [5.41, 5.74) is -3.50. The van der Waals surface area contributed by atoms with Gasteiger partial charge < -0.3 is 19.3 Å². The van der Waals surface area contributed by atoms with Gasteiger partial charge in [-0.25, -0.2) is 0 Å². The van der Waals surface area contributed by atoms with E-state index in [4.69, 9.17) is 25.8 Å². The number of hydrogen-bond donors (Lipinski definition) is 1. The molecular weight excluding hydrogens is 372 g/mol. The fourth-order valence-corrected chi connectivity index (χ4v) is 5.10. The quantitative estimate of drug-likeness (QED) is 0.701. The van der Waals surface area contributed by atoms with E-state index >= 15 is 0 Å². The molecule has 0 amide bonds. The number of carbonyl (C=O) groups excluding carboxylic acids is 2. The van der Waals surface area contributed by atoms with Crippen LogP contribution in [0.4, 0.5) is 0 Å². The molecule has 2 fully saturated rings. The van der Waals surface area contributed by atoms with E-state index in [2.05, 4.69) is 0 Å². The second-order valence-electron chi connectivity index (χ2n) is 7.30. The van der Waals surface area contributed by atoms with Crippen LogP contribution >= 0.6 is 11.6 Å². The normalized spacial score (nSPS) is 35.0. The predicted molar refractivity (Wildman–Crippen MR) is 93.7 cm³/mol. The van der Waals surface area contributed by atoms with Gasteiger partial charge >= 0.3 is 5.79 Å². The number of rotatable bonds is 0. The molecule has 2 aromatic carbocycles. The third-order valence-corrected chi connectivity index (χ3v) is 6.30. The maximum atomic E-state index is 13.0. The molecule has 1 spiro atoms. The van der Waals surface area contributed by atoms with Crippen molar-refractivity contribution in [2.75, 3.05) is 0 Å². The summed E-state index contributed by atoms with van der Waals surface area (Å²) >= 11 is 6.21. The molecule has 2 aliphatic heterocycles. The Bertz CT molecular complexity index is 1070. The Balaban J connectivity index is 1.64. The van der Waals surface area contributed by atoms with Crippen LogP contribution < -0.4 is 9.47 Å². The minimum atomic E-state index is -1.76. The number of aliphatic hydroxyl groups is 1. The van der Waals surface area contributed by atoms with Gasteiger partial charge in [0.15, 0.2) is 5.78 Å². The predicted octanol–water partition coefficient (Wildman–Crippen LogP) is 2.24. The van der Waals surface area contributed by atoms with Gasteiger partial charge in [-0.05, 0) is 23.9 Å². The molecular formula is C20H13ClO6. The summed E-state index contributed by atoms with van der Waals surface area (Å²) in [6, 6.07) is 11.0. The topological polar surface area (TPSA) is 85.4 Å². The van der Waals surface area contributed by atoms with Crippen LogP contribution in [0.2, 0.25) is 0 Å². The van der Waals surface area contributed by atoms with Gasteiger partial charge in [-0.1, -0.05) is 35.9 Å². The van der Waals surface area contributed by atoms with Crippen molar-refractivity contribution in [1.82, 2.24) is 0 Å². The van der Waals surface area contributed by atoms with E-state index in [1.807, 2.05) is 24.3 Å². The number of halogens is 1. The zero-order valence-corrected chi connectivity index (χ0v) is 14.7. The largest absolute Gasteiger partial charge is 0.445 e. The Kier molecular flexibility index (Phi) is 2.62. The number of epoxide rings is 1. The van der Waals surface area contributed by atoms with Crippen molar-refractivity contribution in [2.24, 2.45) is 0 Å². The van der Waals surface area contributed by atoms with E-state index in [-0.39, 0.29) is 23.7 Å². The van der Waals surface area contributed by atoms with Crippen molar-refractivity contribution in [3.63, 3.8) is 0 Å². The van der Waals surface area contributed by atoms with Crippen LogP contribution in [0.3, 0.4) is 0 Å². The van der Waals surface area contributed by atoms with Crippen LogP contribution in [-0.2, 0) is 14.3 Å². The number of carbonyl (C=O) groups is 2. The Labute approximate surface area is 158 Å². The van der Waals surface area contributed by atoms with Gasteiger partial charge in [-0.15, -0.1) is 0 Å². The highest BCUT2D eigenvalue weighted by Crippen LogP contribution is 2.67. The SMILES string of the molecule is O=C1C(Cl)=CC2(Oc3cccc4cccc(c34)O2)[C@]23O[C@]12[C@H](O)CCC3=O. The number of benzene rings is 2. The van der Waals surface area contributed by atoms with Gasteiger partial charge in [0.2, 0.25) is 17.0 Å². The minimum Gasteiger partial charge on any atom is -0.445 e. The fraction of sp³-hybridized carbons (Fsp3) is 0.300. The van der Waals surface area contributed by atoms with E-state index in [0.29, 0.717) is 11.5 Å². The van der Waals surface area contributed by atoms with Crippen LogP contribution in [0.1, 0.15) is 12.8 Å². The molecule has 7 heteroatoms. The minimum absolute atomic E-state index is 0.0575. The molecule has 1 saturated carbocycles. The zero-order chi connectivity index (χ0) is 18.6. The number of hydrogen-bond acceptors (Lipinski definition) is 6. The molecule has 2 aliphatic carbocycles. The van der Waals surface area contributed by atoms with Crippen molar-refractivity contribution < 1.29 is 28.9 Å². The second-order valence-corrected chi connectivity index (χ2v) is 7.71. The summed E-state index contributed by atoms with van der Waals surface area (Å²) in [6.45, 7) is 0. The van der Waals surface area contributed by atoms with Crippen molar-refractivity contribution >= 4 is 33.9 Å². The number of ketones is 2. The van der Waals surface area contributed by atoms with Crippen LogP contribution in [0.15, 0.2) is 47.5 Å². The summed E-state index contributed by atoms with van der Waals surface area (Å²) in [6.07, 6.45) is 0.315. The van der Waals surface area contributed by atoms with Crippen molar-refractivity contribution in [3.8, 4) is 11.5 Å². The number of Topliss-reactive ketones (excluding diaryl/α,β-unsaturated/α-hetero) is 2. The summed E-state index contributed by atoms with van der Waals surface area (Å²) in [7, 11) is 0. The van der Waals surface area contributed by atoms with Crippen LogP contribution in [-0.4, -0.2) is 39.8 Å². The van der Waals surface area contributed by atoms with E-state index in [0.717, 1.165) is 10.8 Å². The lowest BCUT2D eigenvalue weighted by Crippen LogP contribution is -2.68. The molecule has 0 bridgehead atoms. The summed E-state index contributed by atoms with van der Waals surface area (Å²) < 4.78 is 18.2. The molecule has 2 heterocycles. The lowest BCUT2D eigenvalue weighted by atomic mass is 9.67. The number of aliphatic hydroxyl groups excluding tert-OH is 1. The molecule has 0 unspecified atom stereocenters. The summed E-state index contributed by atoms with van der Waals surface area (Å²) in [5.74, 6) is -1.71. The highest BCUT2D eigenvalue weighted by molar-refractivity contribution is 6.45. The number of ether oxygens (including phenoxy) is 3. The standard InChI is InChI=1S/C20H13ClO6/c21-11-9-18(20-15(23)8-7-14(22)19(20,27-20)17(11)24)25-12-5-1-3-10-4-2-6-13(26-18)16(10)12/h1-6,9,14,22H,7-8H2/t14-,19-,20+/m1/s1. The van der Waals surface area contributed by atoms with Crippen LogP contribution in [0.25, 0.3) is 10.8 Å². The van der Waals surface area contributed by atoms with Crippen LogP contribution in [0.5, 0.6) is 11.5 Å². The molecule has 3 atom stereocenters. The van der Waals surface area contributed by atoms with E-state index in [1.54, 1.807) is 12.1 Å². The van der Waals surface area contributed by atoms with Gasteiger partial charge in [0.25, 0.3) is 0 Å². The monoisotopic (exact) mass is 384 g/mol. The van der Waals surface area contributed by atoms with E-state index in [9.17, 15) is 14.7 Å². The Morgan fingerprint density at radius 2 is 1.74 bits per heavy atom. The van der Waals surface area contributed by atoms with Gasteiger partial charge in [-0.3, -0.25) is 9.59 Å². The molecule has 27 heavy (non-hydrogen) atoms. The lowest BCUT2D eigenvalue weighted by Gasteiger charge is -2.44. The molecule has 1 saturated heterocycles. The highest BCUT2D eigenvalue weighted by Gasteiger charge is 2.93. The Hall–Kier alpha value is -2.41. The molecule has 2 aromatic rings. The first-order valence-corrected chi connectivity index (χ1v) is 9.07. The molecule has 0 radical (unpaired) electrons. The first-order valence-electron chi connectivity index (χ1n) is 8.70. The fourth-order valence-electron chi connectivity index (χ4n) is 4.82. The molecule has 6 rings (SSSR count). The molecule has 6 nitrogen and oxygen atoms in total. The molecule has 4 aliphatic rings. The smallest absolute Gasteiger partial charge is 0.313 e. The first kappa shape index (κ1) is 15.6. The van der Waals surface area contributed by atoms with Gasteiger partial charge in [0.05, 0.1) is 16.5 Å². The third-order valence-electron chi connectivity index (χ3n) is 6.02. The maximum Gasteiger partial charge on any atom is 0.313 e. The lowest BCUT2D eigenvalue weighted by molar-refractivity contribution is -0.163. The van der Waals surface area contributed by atoms with Crippen molar-refractivity contribution in [2.45, 2.75) is 35.9 Å². The second kappa shape index (κ2) is 4.52.